The van der Waals surface area contributed by atoms with E-state index < -0.39 is 12.2 Å². The summed E-state index contributed by atoms with van der Waals surface area (Å²) in [5.41, 5.74) is 11.4. The third kappa shape index (κ3) is 2.74. The fourth-order valence-corrected chi connectivity index (χ4v) is 1.94. The van der Waals surface area contributed by atoms with E-state index in [0.717, 1.165) is 0 Å². The lowest BCUT2D eigenvalue weighted by Gasteiger charge is -2.19. The number of aliphatic hydroxyl groups is 2. The van der Waals surface area contributed by atoms with E-state index >= 15 is 0 Å². The van der Waals surface area contributed by atoms with Crippen LogP contribution in [0.5, 0.6) is 0 Å². The van der Waals surface area contributed by atoms with Crippen molar-refractivity contribution in [1.82, 2.24) is 0 Å². The van der Waals surface area contributed by atoms with Gasteiger partial charge in [-0.25, -0.2) is 0 Å². The summed E-state index contributed by atoms with van der Waals surface area (Å²) in [6.45, 7) is -0.0851. The normalized spacial score (nSPS) is 15.0. The Balaban J connectivity index is 3.13. The Morgan fingerprint density at radius 2 is 1.67 bits per heavy atom. The van der Waals surface area contributed by atoms with Crippen molar-refractivity contribution in [1.29, 1.82) is 0 Å². The highest BCUT2D eigenvalue weighted by Gasteiger charge is 2.22. The van der Waals surface area contributed by atoms with Crippen LogP contribution in [0.1, 0.15) is 11.7 Å². The van der Waals surface area contributed by atoms with Gasteiger partial charge in [-0.1, -0.05) is 23.2 Å². The minimum Gasteiger partial charge on any atom is -0.399 e. The van der Waals surface area contributed by atoms with Gasteiger partial charge < -0.3 is 21.7 Å². The first-order valence-corrected chi connectivity index (χ1v) is 5.03. The minimum absolute atomic E-state index is 0.0851. The van der Waals surface area contributed by atoms with E-state index in [1.54, 1.807) is 0 Å². The van der Waals surface area contributed by atoms with E-state index in [1.807, 2.05) is 0 Å². The van der Waals surface area contributed by atoms with Gasteiger partial charge in [0, 0.05) is 27.8 Å². The molecule has 0 fully saturated rings. The van der Waals surface area contributed by atoms with Crippen molar-refractivity contribution in [2.45, 2.75) is 12.2 Å². The minimum atomic E-state index is -1.21. The van der Waals surface area contributed by atoms with Crippen molar-refractivity contribution in [3.05, 3.63) is 27.7 Å². The maximum Gasteiger partial charge on any atom is 0.109 e. The zero-order valence-electron chi connectivity index (χ0n) is 7.82. The van der Waals surface area contributed by atoms with Crippen molar-refractivity contribution in [2.24, 2.45) is 5.73 Å². The van der Waals surface area contributed by atoms with Crippen LogP contribution in [0.4, 0.5) is 5.69 Å². The summed E-state index contributed by atoms with van der Waals surface area (Å²) in [4.78, 5) is 0. The lowest BCUT2D eigenvalue weighted by atomic mass is 10.0. The molecule has 0 spiro atoms. The standard InChI is InChI=1S/C9H12Cl2N2O2/c10-5-1-4(13)2-6(11)8(5)9(15)7(14)3-12/h1-2,7,9,14-15H,3,12-13H2. The van der Waals surface area contributed by atoms with Crippen molar-refractivity contribution >= 4 is 28.9 Å². The van der Waals surface area contributed by atoms with Crippen molar-refractivity contribution in [3.8, 4) is 0 Å². The molecule has 1 aromatic carbocycles. The summed E-state index contributed by atoms with van der Waals surface area (Å²) in [6, 6.07) is 2.91. The first-order valence-electron chi connectivity index (χ1n) is 4.28. The zero-order chi connectivity index (χ0) is 11.6. The van der Waals surface area contributed by atoms with Gasteiger partial charge in [0.05, 0.1) is 6.10 Å². The molecule has 0 aliphatic heterocycles. The lowest BCUT2D eigenvalue weighted by Crippen LogP contribution is -2.27. The van der Waals surface area contributed by atoms with Gasteiger partial charge in [-0.05, 0) is 12.1 Å². The molecule has 0 radical (unpaired) electrons. The molecular formula is C9H12Cl2N2O2. The molecule has 1 aromatic rings. The molecule has 0 amide bonds. The van der Waals surface area contributed by atoms with Crippen LogP contribution in [0.2, 0.25) is 10.0 Å². The molecule has 0 aliphatic carbocycles. The predicted octanol–water partition coefficient (Wildman–Crippen LogP) is 0.929. The first kappa shape index (κ1) is 12.5. The van der Waals surface area contributed by atoms with Crippen LogP contribution in [0.15, 0.2) is 12.1 Å². The number of hydrogen-bond donors (Lipinski definition) is 4. The maximum atomic E-state index is 9.70. The maximum absolute atomic E-state index is 9.70. The molecule has 1 rings (SSSR count). The van der Waals surface area contributed by atoms with E-state index in [9.17, 15) is 10.2 Å². The van der Waals surface area contributed by atoms with Gasteiger partial charge in [-0.2, -0.15) is 0 Å². The molecule has 6 N–H and O–H groups in total. The third-order valence-corrected chi connectivity index (χ3v) is 2.63. The van der Waals surface area contributed by atoms with Crippen LogP contribution in [0.25, 0.3) is 0 Å². The van der Waals surface area contributed by atoms with Crippen LogP contribution < -0.4 is 11.5 Å². The quantitative estimate of drug-likeness (QED) is 0.601. The number of aliphatic hydroxyl groups excluding tert-OH is 2. The number of hydrogen-bond acceptors (Lipinski definition) is 4. The molecule has 0 heterocycles. The largest absolute Gasteiger partial charge is 0.399 e. The van der Waals surface area contributed by atoms with Crippen molar-refractivity contribution in [2.75, 3.05) is 12.3 Å². The average Bonchev–Trinajstić information content (AvgIpc) is 2.14. The second kappa shape index (κ2) is 5.01. The molecular weight excluding hydrogens is 239 g/mol. The van der Waals surface area contributed by atoms with Gasteiger partial charge in [-0.3, -0.25) is 0 Å². The molecule has 4 nitrogen and oxygen atoms in total. The van der Waals surface area contributed by atoms with Gasteiger partial charge in [0.1, 0.15) is 6.10 Å². The average molecular weight is 251 g/mol. The molecule has 0 aromatic heterocycles. The number of benzene rings is 1. The van der Waals surface area contributed by atoms with Crippen molar-refractivity contribution in [3.63, 3.8) is 0 Å². The Labute approximate surface area is 97.4 Å². The molecule has 84 valence electrons. The van der Waals surface area contributed by atoms with Gasteiger partial charge in [-0.15, -0.1) is 0 Å². The van der Waals surface area contributed by atoms with Gasteiger partial charge >= 0.3 is 0 Å². The molecule has 6 heteroatoms. The second-order valence-corrected chi connectivity index (χ2v) is 3.96. The second-order valence-electron chi connectivity index (χ2n) is 3.15. The third-order valence-electron chi connectivity index (χ3n) is 2.00. The fraction of sp³-hybridized carbons (Fsp3) is 0.333. The van der Waals surface area contributed by atoms with E-state index in [0.29, 0.717) is 5.69 Å². The fourth-order valence-electron chi connectivity index (χ4n) is 1.21. The lowest BCUT2D eigenvalue weighted by molar-refractivity contribution is 0.0245. The molecule has 0 aliphatic rings. The van der Waals surface area contributed by atoms with Gasteiger partial charge in [0.15, 0.2) is 0 Å². The SMILES string of the molecule is NCC(O)C(O)c1c(Cl)cc(N)cc1Cl. The molecule has 0 bridgehead atoms. The van der Waals surface area contributed by atoms with Gasteiger partial charge in [0.25, 0.3) is 0 Å². The number of rotatable bonds is 3. The number of halogens is 2. The van der Waals surface area contributed by atoms with E-state index in [2.05, 4.69) is 0 Å². The van der Waals surface area contributed by atoms with Crippen molar-refractivity contribution < 1.29 is 10.2 Å². The van der Waals surface area contributed by atoms with Crippen LogP contribution in [-0.4, -0.2) is 22.9 Å². The highest BCUT2D eigenvalue weighted by molar-refractivity contribution is 6.36. The summed E-state index contributed by atoms with van der Waals surface area (Å²) in [6.07, 6.45) is -2.32. The summed E-state index contributed by atoms with van der Waals surface area (Å²) in [7, 11) is 0. The molecule has 2 unspecified atom stereocenters. The topological polar surface area (TPSA) is 92.5 Å². The highest BCUT2D eigenvalue weighted by atomic mass is 35.5. The van der Waals surface area contributed by atoms with Crippen LogP contribution in [0.3, 0.4) is 0 Å². The van der Waals surface area contributed by atoms with Gasteiger partial charge in [0.2, 0.25) is 0 Å². The number of anilines is 1. The smallest absolute Gasteiger partial charge is 0.109 e. The summed E-state index contributed by atoms with van der Waals surface area (Å²) in [5, 5.41) is 19.5. The Morgan fingerprint density at radius 1 is 1.20 bits per heavy atom. The molecule has 2 atom stereocenters. The molecule has 0 saturated carbocycles. The Kier molecular flexibility index (Phi) is 4.19. The predicted molar refractivity (Wildman–Crippen MR) is 60.9 cm³/mol. The van der Waals surface area contributed by atoms with Crippen LogP contribution in [0, 0.1) is 0 Å². The summed E-state index contributed by atoms with van der Waals surface area (Å²) >= 11 is 11.7. The molecule has 15 heavy (non-hydrogen) atoms. The number of nitrogens with two attached hydrogens (primary N) is 2. The van der Waals surface area contributed by atoms with E-state index in [1.165, 1.54) is 12.1 Å². The Morgan fingerprint density at radius 3 is 2.07 bits per heavy atom. The number of nitrogen functional groups attached to an aromatic ring is 1. The Hall–Kier alpha value is -0.520. The monoisotopic (exact) mass is 250 g/mol. The Bertz CT molecular complexity index is 337. The summed E-state index contributed by atoms with van der Waals surface area (Å²) < 4.78 is 0. The summed E-state index contributed by atoms with van der Waals surface area (Å²) in [5.74, 6) is 0. The van der Waals surface area contributed by atoms with E-state index in [4.69, 9.17) is 34.7 Å². The molecule has 0 saturated heterocycles. The first-order chi connectivity index (χ1) is 6.97. The highest BCUT2D eigenvalue weighted by Crippen LogP contribution is 2.33. The zero-order valence-corrected chi connectivity index (χ0v) is 9.33. The van der Waals surface area contributed by atoms with Crippen LogP contribution >= 0.6 is 23.2 Å². The van der Waals surface area contributed by atoms with E-state index in [-0.39, 0.29) is 22.2 Å². The van der Waals surface area contributed by atoms with Crippen LogP contribution in [-0.2, 0) is 0 Å².